The number of piperidine rings is 1. The molecule has 0 amide bonds. The summed E-state index contributed by atoms with van der Waals surface area (Å²) in [6.45, 7) is 1.12. The maximum Gasteiger partial charge on any atom is 0.151 e. The first-order valence-corrected chi connectivity index (χ1v) is 6.98. The van der Waals surface area contributed by atoms with Crippen LogP contribution < -0.4 is 4.90 Å². The minimum atomic E-state index is 0.478. The van der Waals surface area contributed by atoms with Gasteiger partial charge >= 0.3 is 0 Å². The molecule has 1 saturated carbocycles. The van der Waals surface area contributed by atoms with Crippen LogP contribution in [-0.2, 0) is 0 Å². The van der Waals surface area contributed by atoms with Crippen LogP contribution >= 0.6 is 11.6 Å². The van der Waals surface area contributed by atoms with Gasteiger partial charge in [-0.3, -0.25) is 0 Å². The zero-order valence-corrected chi connectivity index (χ0v) is 10.7. The summed E-state index contributed by atoms with van der Waals surface area (Å²) in [5, 5.41) is 8.68. The molecule has 1 aliphatic heterocycles. The molecule has 0 unspecified atom stereocenters. The van der Waals surface area contributed by atoms with Crippen molar-refractivity contribution in [3.05, 3.63) is 17.3 Å². The zero-order chi connectivity index (χ0) is 11.7. The van der Waals surface area contributed by atoms with Crippen molar-refractivity contribution < 1.29 is 0 Å². The van der Waals surface area contributed by atoms with Gasteiger partial charge in [0.15, 0.2) is 11.0 Å². The number of fused-ring (bicyclic) bond motifs is 1. The van der Waals surface area contributed by atoms with E-state index in [2.05, 4.69) is 15.1 Å². The van der Waals surface area contributed by atoms with Crippen LogP contribution in [0.15, 0.2) is 12.1 Å². The van der Waals surface area contributed by atoms with Crippen LogP contribution in [0, 0.1) is 5.92 Å². The van der Waals surface area contributed by atoms with Crippen LogP contribution in [0.25, 0.3) is 0 Å². The first-order valence-electron chi connectivity index (χ1n) is 6.60. The number of hydrogen-bond donors (Lipinski definition) is 0. The molecule has 92 valence electrons. The smallest absolute Gasteiger partial charge is 0.151 e. The molecule has 0 spiro atoms. The Morgan fingerprint density at radius 2 is 1.88 bits per heavy atom. The van der Waals surface area contributed by atoms with E-state index >= 15 is 0 Å². The van der Waals surface area contributed by atoms with Crippen LogP contribution in [0.5, 0.6) is 0 Å². The second-order valence-corrected chi connectivity index (χ2v) is 5.55. The average molecular weight is 252 g/mol. The Hall–Kier alpha value is -0.830. The summed E-state index contributed by atoms with van der Waals surface area (Å²) in [6.07, 6.45) is 8.14. The molecule has 1 aromatic rings. The lowest BCUT2D eigenvalue weighted by Gasteiger charge is -2.44. The van der Waals surface area contributed by atoms with E-state index in [1.165, 1.54) is 38.5 Å². The van der Waals surface area contributed by atoms with E-state index in [9.17, 15) is 0 Å². The minimum Gasteiger partial charge on any atom is -0.352 e. The minimum absolute atomic E-state index is 0.478. The van der Waals surface area contributed by atoms with E-state index < -0.39 is 0 Å². The predicted molar refractivity (Wildman–Crippen MR) is 69.4 cm³/mol. The van der Waals surface area contributed by atoms with Gasteiger partial charge in [0, 0.05) is 12.6 Å². The van der Waals surface area contributed by atoms with E-state index in [4.69, 9.17) is 11.6 Å². The van der Waals surface area contributed by atoms with Crippen LogP contribution in [-0.4, -0.2) is 22.8 Å². The van der Waals surface area contributed by atoms with Gasteiger partial charge in [-0.1, -0.05) is 24.4 Å². The van der Waals surface area contributed by atoms with Crippen molar-refractivity contribution in [1.82, 2.24) is 10.2 Å². The fourth-order valence-corrected chi connectivity index (χ4v) is 3.47. The van der Waals surface area contributed by atoms with Gasteiger partial charge in [0.1, 0.15) is 0 Å². The number of anilines is 1. The van der Waals surface area contributed by atoms with Gasteiger partial charge < -0.3 is 4.90 Å². The lowest BCUT2D eigenvalue weighted by Crippen LogP contribution is -2.47. The Labute approximate surface area is 107 Å². The Balaban J connectivity index is 1.83. The molecule has 0 aromatic carbocycles. The molecule has 17 heavy (non-hydrogen) atoms. The summed E-state index contributed by atoms with van der Waals surface area (Å²) in [6, 6.07) is 4.54. The monoisotopic (exact) mass is 251 g/mol. The van der Waals surface area contributed by atoms with Crippen LogP contribution in [0.4, 0.5) is 5.82 Å². The largest absolute Gasteiger partial charge is 0.352 e. The summed E-state index contributed by atoms with van der Waals surface area (Å²) in [4.78, 5) is 2.46. The van der Waals surface area contributed by atoms with Gasteiger partial charge in [0.05, 0.1) is 0 Å². The number of nitrogens with zero attached hydrogens (tertiary/aromatic N) is 3. The maximum atomic E-state index is 5.80. The molecule has 2 heterocycles. The van der Waals surface area contributed by atoms with Crippen LogP contribution in [0.3, 0.4) is 0 Å². The lowest BCUT2D eigenvalue weighted by atomic mass is 9.78. The van der Waals surface area contributed by atoms with Crippen molar-refractivity contribution in [2.45, 2.75) is 44.6 Å². The summed E-state index contributed by atoms with van der Waals surface area (Å²) < 4.78 is 0. The Morgan fingerprint density at radius 3 is 2.71 bits per heavy atom. The molecule has 1 aliphatic carbocycles. The lowest BCUT2D eigenvalue weighted by molar-refractivity contribution is 0.242. The molecule has 3 nitrogen and oxygen atoms in total. The molecule has 2 fully saturated rings. The molecule has 0 bridgehead atoms. The third kappa shape index (κ3) is 2.25. The molecule has 1 saturated heterocycles. The predicted octanol–water partition coefficient (Wildman–Crippen LogP) is 3.29. The highest BCUT2D eigenvalue weighted by molar-refractivity contribution is 6.29. The molecule has 2 aliphatic rings. The van der Waals surface area contributed by atoms with Crippen molar-refractivity contribution >= 4 is 17.4 Å². The van der Waals surface area contributed by atoms with Crippen molar-refractivity contribution in [1.29, 1.82) is 0 Å². The van der Waals surface area contributed by atoms with Gasteiger partial charge in [-0.15, -0.1) is 10.2 Å². The summed E-state index contributed by atoms with van der Waals surface area (Å²) in [5.74, 6) is 1.88. The van der Waals surface area contributed by atoms with Crippen molar-refractivity contribution in [3.63, 3.8) is 0 Å². The van der Waals surface area contributed by atoms with Gasteiger partial charge in [0.25, 0.3) is 0 Å². The fraction of sp³-hybridized carbons (Fsp3) is 0.692. The number of halogens is 1. The fourth-order valence-electron chi connectivity index (χ4n) is 3.37. The van der Waals surface area contributed by atoms with E-state index in [1.54, 1.807) is 0 Å². The van der Waals surface area contributed by atoms with E-state index in [1.807, 2.05) is 12.1 Å². The molecule has 4 heteroatoms. The van der Waals surface area contributed by atoms with Crippen LogP contribution in [0.1, 0.15) is 38.5 Å². The van der Waals surface area contributed by atoms with Crippen molar-refractivity contribution in [2.24, 2.45) is 5.92 Å². The van der Waals surface area contributed by atoms with Crippen LogP contribution in [0.2, 0.25) is 5.15 Å². The van der Waals surface area contributed by atoms with E-state index in [-0.39, 0.29) is 0 Å². The number of aromatic nitrogens is 2. The van der Waals surface area contributed by atoms with Gasteiger partial charge in [-0.2, -0.15) is 0 Å². The van der Waals surface area contributed by atoms with Gasteiger partial charge in [-0.25, -0.2) is 0 Å². The number of hydrogen-bond acceptors (Lipinski definition) is 3. The molecule has 1 aromatic heterocycles. The standard InChI is InChI=1S/C13H18ClN3/c14-12-7-8-13(16-15-12)17-9-3-5-10-4-1-2-6-11(10)17/h7-8,10-11H,1-6,9H2/t10-,11-/m1/s1. The highest BCUT2D eigenvalue weighted by atomic mass is 35.5. The zero-order valence-electron chi connectivity index (χ0n) is 9.98. The second kappa shape index (κ2) is 4.81. The first kappa shape index (κ1) is 11.3. The molecule has 2 atom stereocenters. The molecule has 3 rings (SSSR count). The second-order valence-electron chi connectivity index (χ2n) is 5.16. The summed E-state index contributed by atoms with van der Waals surface area (Å²) in [7, 11) is 0. The van der Waals surface area contributed by atoms with Gasteiger partial charge in [-0.05, 0) is 43.7 Å². The Kier molecular flexibility index (Phi) is 3.19. The molecular weight excluding hydrogens is 234 g/mol. The Morgan fingerprint density at radius 1 is 1.06 bits per heavy atom. The highest BCUT2D eigenvalue weighted by Gasteiger charge is 2.33. The summed E-state index contributed by atoms with van der Waals surface area (Å²) >= 11 is 5.80. The highest BCUT2D eigenvalue weighted by Crippen LogP contribution is 2.36. The SMILES string of the molecule is Clc1ccc(N2CCC[C@H]3CCCC[C@H]32)nn1. The first-order chi connectivity index (χ1) is 8.34. The average Bonchev–Trinajstić information content (AvgIpc) is 2.39. The maximum absolute atomic E-state index is 5.80. The van der Waals surface area contributed by atoms with Crippen molar-refractivity contribution in [3.8, 4) is 0 Å². The molecule has 0 N–H and O–H groups in total. The summed E-state index contributed by atoms with van der Waals surface area (Å²) in [5.41, 5.74) is 0. The molecular formula is C13H18ClN3. The quantitative estimate of drug-likeness (QED) is 0.767. The van der Waals surface area contributed by atoms with E-state index in [0.717, 1.165) is 18.3 Å². The topological polar surface area (TPSA) is 29.0 Å². The Bertz CT molecular complexity index is 377. The third-order valence-electron chi connectivity index (χ3n) is 4.16. The number of rotatable bonds is 1. The normalized spacial score (nSPS) is 28.9. The van der Waals surface area contributed by atoms with Gasteiger partial charge in [0.2, 0.25) is 0 Å². The van der Waals surface area contributed by atoms with Crippen molar-refractivity contribution in [2.75, 3.05) is 11.4 Å². The van der Waals surface area contributed by atoms with E-state index in [0.29, 0.717) is 11.2 Å². The molecule has 0 radical (unpaired) electrons. The third-order valence-corrected chi connectivity index (χ3v) is 4.36.